The Labute approximate surface area is 141 Å². The van der Waals surface area contributed by atoms with Crippen LogP contribution >= 0.6 is 15.9 Å². The van der Waals surface area contributed by atoms with Crippen LogP contribution in [0.25, 0.3) is 0 Å². The lowest BCUT2D eigenvalue weighted by atomic mass is 10.2. The minimum Gasteiger partial charge on any atom is -0.508 e. The van der Waals surface area contributed by atoms with Crippen molar-refractivity contribution in [2.45, 2.75) is 0 Å². The number of halogens is 1. The molecule has 0 fully saturated rings. The van der Waals surface area contributed by atoms with E-state index in [-0.39, 0.29) is 18.2 Å². The van der Waals surface area contributed by atoms with Gasteiger partial charge in [0, 0.05) is 4.47 Å². The molecule has 0 atom stereocenters. The van der Waals surface area contributed by atoms with Gasteiger partial charge in [-0.3, -0.25) is 9.59 Å². The van der Waals surface area contributed by atoms with E-state index in [1.807, 2.05) is 0 Å². The molecule has 0 aliphatic rings. The molecule has 6 nitrogen and oxygen atoms in total. The fourth-order valence-corrected chi connectivity index (χ4v) is 2.19. The molecule has 2 aromatic rings. The number of phenolic OH excluding ortho intramolecular Hbond substituents is 1. The van der Waals surface area contributed by atoms with Crippen LogP contribution in [0.3, 0.4) is 0 Å². The second kappa shape index (κ2) is 8.09. The molecule has 0 aromatic heterocycles. The van der Waals surface area contributed by atoms with Gasteiger partial charge < -0.3 is 10.4 Å². The van der Waals surface area contributed by atoms with Gasteiger partial charge in [0.2, 0.25) is 0 Å². The minimum absolute atomic E-state index is 0.112. The van der Waals surface area contributed by atoms with Gasteiger partial charge in [-0.25, -0.2) is 5.43 Å². The molecule has 3 N–H and O–H groups in total. The number of carbonyl (C=O) groups excluding carboxylic acids is 2. The summed E-state index contributed by atoms with van der Waals surface area (Å²) >= 11 is 3.27. The zero-order valence-electron chi connectivity index (χ0n) is 12.0. The molecule has 0 aliphatic carbocycles. The highest BCUT2D eigenvalue weighted by atomic mass is 79.9. The van der Waals surface area contributed by atoms with Crippen molar-refractivity contribution < 1.29 is 14.7 Å². The Bertz CT molecular complexity index is 747. The van der Waals surface area contributed by atoms with E-state index in [4.69, 9.17) is 0 Å². The Hall–Kier alpha value is -2.67. The molecule has 7 heteroatoms. The zero-order chi connectivity index (χ0) is 16.7. The standard InChI is InChI=1S/C16H14BrN3O3/c17-14-7-2-1-6-13(14)16(23)18-10-15(22)20-19-9-11-4-3-5-12(21)8-11/h1-9,21H,10H2,(H,18,23)(H,20,22)/b19-9+. The van der Waals surface area contributed by atoms with Gasteiger partial charge in [0.25, 0.3) is 11.8 Å². The van der Waals surface area contributed by atoms with E-state index < -0.39 is 5.91 Å². The van der Waals surface area contributed by atoms with Crippen molar-refractivity contribution in [3.05, 3.63) is 64.1 Å². The number of carbonyl (C=O) groups is 2. The van der Waals surface area contributed by atoms with E-state index in [1.165, 1.54) is 18.3 Å². The predicted octanol–water partition coefficient (Wildman–Crippen LogP) is 2.03. The molecule has 2 rings (SSSR count). The maximum absolute atomic E-state index is 11.9. The summed E-state index contributed by atoms with van der Waals surface area (Å²) in [4.78, 5) is 23.5. The molecule has 118 valence electrons. The summed E-state index contributed by atoms with van der Waals surface area (Å²) in [5.41, 5.74) is 3.38. The average Bonchev–Trinajstić information content (AvgIpc) is 2.53. The maximum atomic E-state index is 11.9. The number of phenols is 1. The van der Waals surface area contributed by atoms with Gasteiger partial charge >= 0.3 is 0 Å². The Kier molecular flexibility index (Phi) is 5.87. The first-order chi connectivity index (χ1) is 11.1. The van der Waals surface area contributed by atoms with Crippen LogP contribution in [0, 0.1) is 0 Å². The number of hydrogen-bond acceptors (Lipinski definition) is 4. The predicted molar refractivity (Wildman–Crippen MR) is 90.3 cm³/mol. The highest BCUT2D eigenvalue weighted by molar-refractivity contribution is 9.10. The third-order valence-corrected chi connectivity index (χ3v) is 3.49. The van der Waals surface area contributed by atoms with Crippen LogP contribution in [0.1, 0.15) is 15.9 Å². The Balaban J connectivity index is 1.81. The third kappa shape index (κ3) is 5.23. The van der Waals surface area contributed by atoms with Crippen LogP contribution in [0.4, 0.5) is 0 Å². The van der Waals surface area contributed by atoms with Gasteiger partial charge in [0.15, 0.2) is 0 Å². The molecule has 23 heavy (non-hydrogen) atoms. The van der Waals surface area contributed by atoms with Gasteiger partial charge in [-0.05, 0) is 45.8 Å². The summed E-state index contributed by atoms with van der Waals surface area (Å²) in [5, 5.41) is 15.6. The molecule has 0 aliphatic heterocycles. The lowest BCUT2D eigenvalue weighted by molar-refractivity contribution is -0.120. The summed E-state index contributed by atoms with van der Waals surface area (Å²) in [7, 11) is 0. The number of nitrogens with zero attached hydrogens (tertiary/aromatic N) is 1. The first kappa shape index (κ1) is 16.7. The van der Waals surface area contributed by atoms with E-state index >= 15 is 0 Å². The summed E-state index contributed by atoms with van der Waals surface area (Å²) in [6.45, 7) is -0.197. The molecule has 2 aromatic carbocycles. The fraction of sp³-hybridized carbons (Fsp3) is 0.0625. The van der Waals surface area contributed by atoms with E-state index in [2.05, 4.69) is 31.8 Å². The minimum atomic E-state index is -0.457. The molecule has 0 heterocycles. The quantitative estimate of drug-likeness (QED) is 0.551. The Morgan fingerprint density at radius 3 is 2.70 bits per heavy atom. The molecule has 0 radical (unpaired) electrons. The molecule has 0 saturated heterocycles. The number of nitrogens with one attached hydrogen (secondary N) is 2. The molecule has 0 spiro atoms. The van der Waals surface area contributed by atoms with E-state index in [9.17, 15) is 14.7 Å². The van der Waals surface area contributed by atoms with Crippen molar-refractivity contribution in [2.75, 3.05) is 6.54 Å². The lowest BCUT2D eigenvalue weighted by Crippen LogP contribution is -2.35. The summed E-state index contributed by atoms with van der Waals surface area (Å²) in [6, 6.07) is 13.4. The van der Waals surface area contributed by atoms with Gasteiger partial charge in [0.05, 0.1) is 18.3 Å². The number of aromatic hydroxyl groups is 1. The molecule has 0 unspecified atom stereocenters. The van der Waals surface area contributed by atoms with Crippen LogP contribution in [-0.2, 0) is 4.79 Å². The zero-order valence-corrected chi connectivity index (χ0v) is 13.6. The van der Waals surface area contributed by atoms with Gasteiger partial charge in [0.1, 0.15) is 5.75 Å². The number of amides is 2. The van der Waals surface area contributed by atoms with Crippen molar-refractivity contribution in [3.8, 4) is 5.75 Å². The topological polar surface area (TPSA) is 90.8 Å². The second-order valence-corrected chi connectivity index (χ2v) is 5.41. The van der Waals surface area contributed by atoms with Gasteiger partial charge in [-0.2, -0.15) is 5.10 Å². The monoisotopic (exact) mass is 375 g/mol. The van der Waals surface area contributed by atoms with E-state index in [0.29, 0.717) is 15.6 Å². The number of rotatable bonds is 5. The van der Waals surface area contributed by atoms with Crippen LogP contribution in [0.15, 0.2) is 58.1 Å². The van der Waals surface area contributed by atoms with Gasteiger partial charge in [-0.1, -0.05) is 24.3 Å². The van der Waals surface area contributed by atoms with Crippen molar-refractivity contribution in [1.82, 2.24) is 10.7 Å². The normalized spacial score (nSPS) is 10.5. The molecule has 0 bridgehead atoms. The van der Waals surface area contributed by atoms with Crippen molar-refractivity contribution >= 4 is 34.0 Å². The van der Waals surface area contributed by atoms with E-state index in [0.717, 1.165) is 0 Å². The number of hydrazone groups is 1. The molecule has 2 amide bonds. The largest absolute Gasteiger partial charge is 0.508 e. The van der Waals surface area contributed by atoms with Crippen LogP contribution in [0.5, 0.6) is 5.75 Å². The summed E-state index contributed by atoms with van der Waals surface area (Å²) in [6.07, 6.45) is 1.40. The maximum Gasteiger partial charge on any atom is 0.259 e. The first-order valence-corrected chi connectivity index (χ1v) is 7.49. The van der Waals surface area contributed by atoms with Crippen LogP contribution in [-0.4, -0.2) is 29.7 Å². The molecular formula is C16H14BrN3O3. The molecular weight excluding hydrogens is 362 g/mol. The fourth-order valence-electron chi connectivity index (χ4n) is 1.72. The van der Waals surface area contributed by atoms with Crippen molar-refractivity contribution in [2.24, 2.45) is 5.10 Å². The Morgan fingerprint density at radius 1 is 1.17 bits per heavy atom. The van der Waals surface area contributed by atoms with Gasteiger partial charge in [-0.15, -0.1) is 0 Å². The SMILES string of the molecule is O=C(CNC(=O)c1ccccc1Br)N/N=C/c1cccc(O)c1. The van der Waals surface area contributed by atoms with Crippen molar-refractivity contribution in [3.63, 3.8) is 0 Å². The van der Waals surface area contributed by atoms with E-state index in [1.54, 1.807) is 36.4 Å². The first-order valence-electron chi connectivity index (χ1n) is 6.70. The average molecular weight is 376 g/mol. The van der Waals surface area contributed by atoms with Crippen LogP contribution in [0.2, 0.25) is 0 Å². The number of hydrogen-bond donors (Lipinski definition) is 3. The Morgan fingerprint density at radius 2 is 1.96 bits per heavy atom. The van der Waals surface area contributed by atoms with Crippen LogP contribution < -0.4 is 10.7 Å². The highest BCUT2D eigenvalue weighted by Crippen LogP contribution is 2.15. The number of benzene rings is 2. The summed E-state index contributed by atoms with van der Waals surface area (Å²) < 4.78 is 0.653. The molecule has 0 saturated carbocycles. The highest BCUT2D eigenvalue weighted by Gasteiger charge is 2.10. The smallest absolute Gasteiger partial charge is 0.259 e. The third-order valence-electron chi connectivity index (χ3n) is 2.80. The van der Waals surface area contributed by atoms with Crippen molar-refractivity contribution in [1.29, 1.82) is 0 Å². The lowest BCUT2D eigenvalue weighted by Gasteiger charge is -2.05. The summed E-state index contributed by atoms with van der Waals surface area (Å²) in [5.74, 6) is -0.702. The second-order valence-electron chi connectivity index (χ2n) is 4.55.